The molecule has 5 nitrogen and oxygen atoms in total. The van der Waals surface area contributed by atoms with E-state index in [9.17, 15) is 0 Å². The molecule has 2 heterocycles. The molecule has 1 aromatic rings. The maximum Gasteiger partial charge on any atom is 0.191 e. The van der Waals surface area contributed by atoms with Gasteiger partial charge in [-0.3, -0.25) is 0 Å². The fourth-order valence-corrected chi connectivity index (χ4v) is 3.71. The number of nitrogens with one attached hydrogen (secondary N) is 2. The van der Waals surface area contributed by atoms with E-state index in [0.29, 0.717) is 12.6 Å². The van der Waals surface area contributed by atoms with E-state index in [-0.39, 0.29) is 0 Å². The van der Waals surface area contributed by atoms with Crippen LogP contribution in [0.25, 0.3) is 0 Å². The molecule has 0 spiro atoms. The predicted octanol–water partition coefficient (Wildman–Crippen LogP) is 3.03. The minimum absolute atomic E-state index is 0.531. The molecule has 24 heavy (non-hydrogen) atoms. The molecule has 0 amide bonds. The average molecular weight is 352 g/mol. The zero-order chi connectivity index (χ0) is 17.2. The monoisotopic (exact) mass is 351 g/mol. The van der Waals surface area contributed by atoms with Gasteiger partial charge in [-0.05, 0) is 39.2 Å². The fourth-order valence-electron chi connectivity index (χ4n) is 2.93. The summed E-state index contributed by atoms with van der Waals surface area (Å²) in [5.74, 6) is 0.928. The highest BCUT2D eigenvalue weighted by Crippen LogP contribution is 2.14. The Morgan fingerprint density at radius 1 is 1.33 bits per heavy atom. The molecule has 6 heteroatoms. The van der Waals surface area contributed by atoms with E-state index in [0.717, 1.165) is 23.9 Å². The van der Waals surface area contributed by atoms with Gasteiger partial charge in [0.15, 0.2) is 5.96 Å². The third kappa shape index (κ3) is 6.40. The first-order valence-electron chi connectivity index (χ1n) is 9.45. The normalized spacial score (nSPS) is 17.2. The van der Waals surface area contributed by atoms with Crippen molar-refractivity contribution in [1.29, 1.82) is 0 Å². The van der Waals surface area contributed by atoms with Gasteiger partial charge in [-0.1, -0.05) is 20.3 Å². The van der Waals surface area contributed by atoms with Crippen LogP contribution < -0.4 is 10.6 Å². The summed E-state index contributed by atoms with van der Waals surface area (Å²) in [5, 5.41) is 8.08. The first-order chi connectivity index (χ1) is 11.7. The van der Waals surface area contributed by atoms with Crippen LogP contribution in [0.2, 0.25) is 0 Å². The Hall–Kier alpha value is -1.14. The van der Waals surface area contributed by atoms with Crippen molar-refractivity contribution in [2.75, 3.05) is 26.2 Å². The molecule has 1 fully saturated rings. The van der Waals surface area contributed by atoms with Gasteiger partial charge in [0, 0.05) is 36.8 Å². The zero-order valence-corrected chi connectivity index (χ0v) is 16.3. The van der Waals surface area contributed by atoms with E-state index in [1.54, 1.807) is 11.3 Å². The number of rotatable bonds is 8. The smallest absolute Gasteiger partial charge is 0.191 e. The summed E-state index contributed by atoms with van der Waals surface area (Å²) in [6, 6.07) is 0.531. The van der Waals surface area contributed by atoms with Gasteiger partial charge in [0.1, 0.15) is 5.01 Å². The SMILES string of the molecule is CCCCN1CCC(NC(=NCc2ncc(CC)s2)NCC)CC1. The van der Waals surface area contributed by atoms with Crippen LogP contribution in [0.15, 0.2) is 11.2 Å². The van der Waals surface area contributed by atoms with Crippen molar-refractivity contribution in [1.82, 2.24) is 20.5 Å². The minimum Gasteiger partial charge on any atom is -0.357 e. The van der Waals surface area contributed by atoms with E-state index in [4.69, 9.17) is 4.99 Å². The molecule has 0 aromatic carbocycles. The first-order valence-corrected chi connectivity index (χ1v) is 10.3. The van der Waals surface area contributed by atoms with Crippen LogP contribution in [-0.2, 0) is 13.0 Å². The van der Waals surface area contributed by atoms with Crippen LogP contribution in [0.5, 0.6) is 0 Å². The molecule has 136 valence electrons. The van der Waals surface area contributed by atoms with Crippen molar-refractivity contribution in [3.63, 3.8) is 0 Å². The third-order valence-electron chi connectivity index (χ3n) is 4.42. The van der Waals surface area contributed by atoms with E-state index in [1.807, 2.05) is 6.20 Å². The Balaban J connectivity index is 1.81. The quantitative estimate of drug-likeness (QED) is 0.558. The Morgan fingerprint density at radius 3 is 2.75 bits per heavy atom. The lowest BCUT2D eigenvalue weighted by molar-refractivity contribution is 0.203. The van der Waals surface area contributed by atoms with Gasteiger partial charge in [0.2, 0.25) is 0 Å². The lowest BCUT2D eigenvalue weighted by Crippen LogP contribution is -2.48. The van der Waals surface area contributed by atoms with Crippen molar-refractivity contribution in [3.05, 3.63) is 16.1 Å². The van der Waals surface area contributed by atoms with E-state index >= 15 is 0 Å². The third-order valence-corrected chi connectivity index (χ3v) is 5.55. The molecule has 0 atom stereocenters. The number of hydrogen-bond acceptors (Lipinski definition) is 4. The second-order valence-electron chi connectivity index (χ2n) is 6.38. The van der Waals surface area contributed by atoms with Crippen LogP contribution in [0.1, 0.15) is 56.3 Å². The number of nitrogens with zero attached hydrogens (tertiary/aromatic N) is 3. The average Bonchev–Trinajstić information content (AvgIpc) is 3.07. The predicted molar refractivity (Wildman–Crippen MR) is 104 cm³/mol. The van der Waals surface area contributed by atoms with Crippen LogP contribution in [0, 0.1) is 0 Å². The van der Waals surface area contributed by atoms with Crippen molar-refractivity contribution < 1.29 is 0 Å². The summed E-state index contributed by atoms with van der Waals surface area (Å²) in [6.07, 6.45) is 8.02. The molecule has 2 rings (SSSR count). The second kappa shape index (κ2) is 10.7. The zero-order valence-electron chi connectivity index (χ0n) is 15.5. The van der Waals surface area contributed by atoms with Gasteiger partial charge < -0.3 is 15.5 Å². The maximum absolute atomic E-state index is 4.72. The first kappa shape index (κ1) is 19.2. The number of piperidine rings is 1. The van der Waals surface area contributed by atoms with E-state index in [1.165, 1.54) is 50.2 Å². The van der Waals surface area contributed by atoms with Gasteiger partial charge in [-0.25, -0.2) is 9.98 Å². The second-order valence-corrected chi connectivity index (χ2v) is 7.58. The van der Waals surface area contributed by atoms with Gasteiger partial charge in [-0.2, -0.15) is 0 Å². The van der Waals surface area contributed by atoms with E-state index < -0.39 is 0 Å². The van der Waals surface area contributed by atoms with E-state index in [2.05, 4.69) is 41.3 Å². The summed E-state index contributed by atoms with van der Waals surface area (Å²) >= 11 is 1.77. The Kier molecular flexibility index (Phi) is 8.53. The van der Waals surface area contributed by atoms with Crippen LogP contribution in [-0.4, -0.2) is 48.1 Å². The van der Waals surface area contributed by atoms with Gasteiger partial charge in [-0.15, -0.1) is 11.3 Å². The largest absolute Gasteiger partial charge is 0.357 e. The molecule has 0 unspecified atom stereocenters. The molecule has 1 saturated heterocycles. The highest BCUT2D eigenvalue weighted by Gasteiger charge is 2.19. The van der Waals surface area contributed by atoms with Crippen molar-refractivity contribution in [2.45, 2.75) is 65.5 Å². The number of aliphatic imine (C=N–C) groups is 1. The lowest BCUT2D eigenvalue weighted by Gasteiger charge is -2.33. The molecule has 1 aliphatic rings. The number of aryl methyl sites for hydroxylation is 1. The maximum atomic E-state index is 4.72. The van der Waals surface area contributed by atoms with Crippen molar-refractivity contribution >= 4 is 17.3 Å². The number of aromatic nitrogens is 1. The minimum atomic E-state index is 0.531. The summed E-state index contributed by atoms with van der Waals surface area (Å²) < 4.78 is 0. The lowest BCUT2D eigenvalue weighted by atomic mass is 10.0. The molecule has 0 saturated carbocycles. The van der Waals surface area contributed by atoms with Crippen LogP contribution in [0.3, 0.4) is 0 Å². The van der Waals surface area contributed by atoms with Crippen LogP contribution in [0.4, 0.5) is 0 Å². The molecular formula is C18H33N5S. The highest BCUT2D eigenvalue weighted by molar-refractivity contribution is 7.11. The molecule has 2 N–H and O–H groups in total. The Labute approximate surface area is 151 Å². The molecule has 1 aromatic heterocycles. The number of unbranched alkanes of at least 4 members (excludes halogenated alkanes) is 1. The number of likely N-dealkylation sites (tertiary alicyclic amines) is 1. The number of guanidine groups is 1. The summed E-state index contributed by atoms with van der Waals surface area (Å²) in [5.41, 5.74) is 0. The van der Waals surface area contributed by atoms with Gasteiger partial charge in [0.25, 0.3) is 0 Å². The fraction of sp³-hybridized carbons (Fsp3) is 0.778. The van der Waals surface area contributed by atoms with Crippen molar-refractivity contribution in [3.8, 4) is 0 Å². The molecule has 0 bridgehead atoms. The molecule has 0 radical (unpaired) electrons. The molecule has 0 aliphatic carbocycles. The summed E-state index contributed by atoms with van der Waals surface area (Å²) in [7, 11) is 0. The van der Waals surface area contributed by atoms with Gasteiger partial charge in [0.05, 0.1) is 6.54 Å². The summed E-state index contributed by atoms with van der Waals surface area (Å²) in [4.78, 5) is 13.1. The van der Waals surface area contributed by atoms with Crippen LogP contribution >= 0.6 is 11.3 Å². The standard InChI is InChI=1S/C18H33N5S/c1-4-7-10-23-11-8-15(9-12-23)22-18(19-6-3)21-14-17-20-13-16(5-2)24-17/h13,15H,4-12,14H2,1-3H3,(H2,19,21,22). The number of hydrogen-bond donors (Lipinski definition) is 2. The molecular weight excluding hydrogens is 318 g/mol. The highest BCUT2D eigenvalue weighted by atomic mass is 32.1. The molecule has 1 aliphatic heterocycles. The Morgan fingerprint density at radius 2 is 2.12 bits per heavy atom. The summed E-state index contributed by atoms with van der Waals surface area (Å²) in [6.45, 7) is 11.7. The van der Waals surface area contributed by atoms with Gasteiger partial charge >= 0.3 is 0 Å². The number of thiazole rings is 1. The Bertz CT molecular complexity index is 491. The topological polar surface area (TPSA) is 52.5 Å². The van der Waals surface area contributed by atoms with Crippen molar-refractivity contribution in [2.24, 2.45) is 4.99 Å².